The Morgan fingerprint density at radius 1 is 1.24 bits per heavy atom. The molecule has 2 aliphatic rings. The van der Waals surface area contributed by atoms with E-state index >= 15 is 0 Å². The first-order valence-electron chi connectivity index (χ1n) is 9.35. The summed E-state index contributed by atoms with van der Waals surface area (Å²) in [7, 11) is 0. The number of hydrogen-bond donors (Lipinski definition) is 2. The Hall–Kier alpha value is -1.79. The number of ether oxygens (including phenoxy) is 1. The molecule has 6 heteroatoms. The van der Waals surface area contributed by atoms with Crippen LogP contribution in [0.2, 0.25) is 0 Å². The Kier molecular flexibility index (Phi) is 6.53. The van der Waals surface area contributed by atoms with Crippen LogP contribution in [0.15, 0.2) is 30.3 Å². The summed E-state index contributed by atoms with van der Waals surface area (Å²) in [4.78, 5) is 16.8. The van der Waals surface area contributed by atoms with E-state index in [9.17, 15) is 4.79 Å². The molecule has 0 radical (unpaired) electrons. The van der Waals surface area contributed by atoms with Crippen molar-refractivity contribution in [2.24, 2.45) is 5.92 Å². The molecule has 0 bridgehead atoms. The van der Waals surface area contributed by atoms with Crippen LogP contribution in [0.1, 0.15) is 13.3 Å². The van der Waals surface area contributed by atoms with Crippen molar-refractivity contribution in [3.05, 3.63) is 30.3 Å². The summed E-state index contributed by atoms with van der Waals surface area (Å²) in [6, 6.07) is 10.6. The molecule has 2 aliphatic heterocycles. The summed E-state index contributed by atoms with van der Waals surface area (Å²) < 4.78 is 5.33. The van der Waals surface area contributed by atoms with Crippen LogP contribution < -0.4 is 15.5 Å². The number of benzene rings is 1. The molecule has 3 rings (SSSR count). The maximum Gasteiger partial charge on any atom is 0.315 e. The molecule has 0 aromatic heterocycles. The van der Waals surface area contributed by atoms with E-state index in [1.165, 1.54) is 5.69 Å². The smallest absolute Gasteiger partial charge is 0.315 e. The number of carbonyl (C=O) groups excluding carboxylic acids is 1. The van der Waals surface area contributed by atoms with Gasteiger partial charge in [-0.2, -0.15) is 0 Å². The highest BCUT2D eigenvalue weighted by atomic mass is 16.5. The van der Waals surface area contributed by atoms with Crippen LogP contribution in [0, 0.1) is 5.92 Å². The number of urea groups is 1. The van der Waals surface area contributed by atoms with Gasteiger partial charge in [-0.15, -0.1) is 0 Å². The minimum Gasteiger partial charge on any atom is -0.381 e. The van der Waals surface area contributed by atoms with Crippen molar-refractivity contribution in [3.8, 4) is 0 Å². The van der Waals surface area contributed by atoms with E-state index in [4.69, 9.17) is 4.74 Å². The van der Waals surface area contributed by atoms with Crippen LogP contribution in [0.3, 0.4) is 0 Å². The molecule has 0 spiro atoms. The second-order valence-corrected chi connectivity index (χ2v) is 7.11. The zero-order valence-corrected chi connectivity index (χ0v) is 15.1. The molecule has 2 atom stereocenters. The molecule has 2 heterocycles. The van der Waals surface area contributed by atoms with Gasteiger partial charge in [0.05, 0.1) is 6.61 Å². The summed E-state index contributed by atoms with van der Waals surface area (Å²) in [5, 5.41) is 6.01. The predicted molar refractivity (Wildman–Crippen MR) is 100 cm³/mol. The largest absolute Gasteiger partial charge is 0.381 e. The Balaban J connectivity index is 1.33. The number of nitrogens with zero attached hydrogens (tertiary/aromatic N) is 2. The molecule has 0 saturated carbocycles. The molecule has 138 valence electrons. The maximum absolute atomic E-state index is 12.0. The highest BCUT2D eigenvalue weighted by Gasteiger charge is 2.20. The quantitative estimate of drug-likeness (QED) is 0.820. The van der Waals surface area contributed by atoms with Gasteiger partial charge < -0.3 is 20.3 Å². The lowest BCUT2D eigenvalue weighted by Crippen LogP contribution is -2.52. The molecule has 6 nitrogen and oxygen atoms in total. The maximum atomic E-state index is 12.0. The molecule has 0 unspecified atom stereocenters. The van der Waals surface area contributed by atoms with Crippen LogP contribution in [-0.4, -0.2) is 69.5 Å². The highest BCUT2D eigenvalue weighted by Crippen LogP contribution is 2.15. The third kappa shape index (κ3) is 5.61. The van der Waals surface area contributed by atoms with Gasteiger partial charge in [0.15, 0.2) is 0 Å². The second-order valence-electron chi connectivity index (χ2n) is 7.11. The number of carbonyl (C=O) groups is 1. The van der Waals surface area contributed by atoms with E-state index in [-0.39, 0.29) is 12.1 Å². The zero-order valence-electron chi connectivity index (χ0n) is 15.1. The van der Waals surface area contributed by atoms with Crippen LogP contribution >= 0.6 is 0 Å². The van der Waals surface area contributed by atoms with Crippen LogP contribution in [0.5, 0.6) is 0 Å². The van der Waals surface area contributed by atoms with Crippen molar-refractivity contribution in [1.82, 2.24) is 15.5 Å². The van der Waals surface area contributed by atoms with Gasteiger partial charge in [0.25, 0.3) is 0 Å². The fraction of sp³-hybridized carbons (Fsp3) is 0.632. The van der Waals surface area contributed by atoms with Gasteiger partial charge in [-0.3, -0.25) is 4.90 Å². The van der Waals surface area contributed by atoms with Crippen molar-refractivity contribution in [3.63, 3.8) is 0 Å². The monoisotopic (exact) mass is 346 g/mol. The number of piperazine rings is 1. The van der Waals surface area contributed by atoms with Crippen molar-refractivity contribution < 1.29 is 9.53 Å². The average molecular weight is 346 g/mol. The fourth-order valence-electron chi connectivity index (χ4n) is 3.52. The van der Waals surface area contributed by atoms with Crippen molar-refractivity contribution in [1.29, 1.82) is 0 Å². The summed E-state index contributed by atoms with van der Waals surface area (Å²) >= 11 is 0. The van der Waals surface area contributed by atoms with E-state index in [1.54, 1.807) is 0 Å². The lowest BCUT2D eigenvalue weighted by atomic mass is 10.1. The lowest BCUT2D eigenvalue weighted by Gasteiger charge is -2.37. The van der Waals surface area contributed by atoms with Gasteiger partial charge >= 0.3 is 6.03 Å². The SMILES string of the molecule is C[C@@H](CN1CCN(c2ccccc2)CC1)NC(=O)NC[C@@H]1CCOC1. The van der Waals surface area contributed by atoms with Crippen LogP contribution in [0.4, 0.5) is 10.5 Å². The second kappa shape index (κ2) is 9.06. The summed E-state index contributed by atoms with van der Waals surface area (Å²) in [6.45, 7) is 9.37. The molecule has 1 aromatic carbocycles. The number of hydrogen-bond acceptors (Lipinski definition) is 4. The van der Waals surface area contributed by atoms with Gasteiger partial charge in [-0.1, -0.05) is 18.2 Å². The standard InChI is InChI=1S/C19H30N4O2/c1-16(21-19(24)20-13-17-7-12-25-15-17)14-22-8-10-23(11-9-22)18-5-3-2-4-6-18/h2-6,16-17H,7-15H2,1H3,(H2,20,21,24)/t16-,17-/m0/s1. The molecule has 2 amide bonds. The highest BCUT2D eigenvalue weighted by molar-refractivity contribution is 5.74. The molecule has 0 aliphatic carbocycles. The van der Waals surface area contributed by atoms with E-state index in [2.05, 4.69) is 57.7 Å². The van der Waals surface area contributed by atoms with Gasteiger partial charge in [0.1, 0.15) is 0 Å². The number of amides is 2. The Morgan fingerprint density at radius 3 is 2.68 bits per heavy atom. The van der Waals surface area contributed by atoms with E-state index < -0.39 is 0 Å². The number of nitrogens with one attached hydrogen (secondary N) is 2. The van der Waals surface area contributed by atoms with E-state index in [0.717, 1.165) is 52.4 Å². The van der Waals surface area contributed by atoms with Crippen molar-refractivity contribution >= 4 is 11.7 Å². The number of rotatable bonds is 6. The van der Waals surface area contributed by atoms with E-state index in [0.29, 0.717) is 12.5 Å². The molecular weight excluding hydrogens is 316 g/mol. The molecule has 2 saturated heterocycles. The summed E-state index contributed by atoms with van der Waals surface area (Å²) in [5.74, 6) is 0.465. The van der Waals surface area contributed by atoms with Gasteiger partial charge in [0, 0.05) is 63.5 Å². The summed E-state index contributed by atoms with van der Waals surface area (Å²) in [5.41, 5.74) is 1.29. The van der Waals surface area contributed by atoms with Crippen LogP contribution in [0.25, 0.3) is 0 Å². The molecule has 1 aromatic rings. The third-order valence-corrected chi connectivity index (χ3v) is 4.98. The van der Waals surface area contributed by atoms with E-state index in [1.807, 2.05) is 0 Å². The number of anilines is 1. The van der Waals surface area contributed by atoms with Crippen LogP contribution in [-0.2, 0) is 4.74 Å². The lowest BCUT2D eigenvalue weighted by molar-refractivity contribution is 0.184. The Bertz CT molecular complexity index is 525. The predicted octanol–water partition coefficient (Wildman–Crippen LogP) is 1.53. The van der Waals surface area contributed by atoms with Gasteiger partial charge in [-0.05, 0) is 25.5 Å². The van der Waals surface area contributed by atoms with Gasteiger partial charge in [0.2, 0.25) is 0 Å². The Labute approximate surface area is 150 Å². The first-order chi connectivity index (χ1) is 12.2. The molecule has 2 N–H and O–H groups in total. The third-order valence-electron chi connectivity index (χ3n) is 4.98. The average Bonchev–Trinajstić information content (AvgIpc) is 3.15. The molecular formula is C19H30N4O2. The fourth-order valence-corrected chi connectivity index (χ4v) is 3.52. The topological polar surface area (TPSA) is 56.8 Å². The van der Waals surface area contributed by atoms with Crippen molar-refractivity contribution in [2.75, 3.05) is 57.4 Å². The Morgan fingerprint density at radius 2 is 2.00 bits per heavy atom. The molecule has 2 fully saturated rings. The van der Waals surface area contributed by atoms with Crippen molar-refractivity contribution in [2.45, 2.75) is 19.4 Å². The van der Waals surface area contributed by atoms with Gasteiger partial charge in [-0.25, -0.2) is 4.79 Å². The normalized spacial score (nSPS) is 22.6. The first-order valence-corrected chi connectivity index (χ1v) is 9.35. The number of para-hydroxylation sites is 1. The minimum atomic E-state index is -0.0673. The molecule has 25 heavy (non-hydrogen) atoms. The minimum absolute atomic E-state index is 0.0673. The summed E-state index contributed by atoms with van der Waals surface area (Å²) in [6.07, 6.45) is 1.04. The first kappa shape index (κ1) is 18.0. The zero-order chi connectivity index (χ0) is 17.5.